The fourth-order valence-electron chi connectivity index (χ4n) is 5.02. The van der Waals surface area contributed by atoms with Gasteiger partial charge in [-0.1, -0.05) is 30.3 Å². The minimum absolute atomic E-state index is 0.205. The van der Waals surface area contributed by atoms with Crippen molar-refractivity contribution in [1.82, 2.24) is 34.0 Å². The predicted molar refractivity (Wildman–Crippen MR) is 144 cm³/mol. The van der Waals surface area contributed by atoms with Crippen molar-refractivity contribution >= 4 is 22.9 Å². The SMILES string of the molecule is Cc1cc2c(cnn2-c2ccc(F)cc2)cc1C1CN(Sc2cnn(C)n2)CCN1Cc1ccccc1. The zero-order chi connectivity index (χ0) is 25.4. The van der Waals surface area contributed by atoms with E-state index >= 15 is 0 Å². The molecule has 2 aromatic heterocycles. The Labute approximate surface area is 219 Å². The van der Waals surface area contributed by atoms with Gasteiger partial charge in [-0.15, -0.1) is 5.10 Å². The second-order valence-corrected chi connectivity index (χ2v) is 10.5. The van der Waals surface area contributed by atoms with Gasteiger partial charge in [-0.3, -0.25) is 4.90 Å². The molecule has 3 aromatic carbocycles. The second kappa shape index (κ2) is 10.1. The molecule has 0 spiro atoms. The third-order valence-electron chi connectivity index (χ3n) is 6.87. The van der Waals surface area contributed by atoms with Gasteiger partial charge in [-0.05, 0) is 72.0 Å². The molecule has 7 nitrogen and oxygen atoms in total. The first-order valence-corrected chi connectivity index (χ1v) is 13.1. The van der Waals surface area contributed by atoms with Gasteiger partial charge >= 0.3 is 0 Å². The van der Waals surface area contributed by atoms with E-state index < -0.39 is 0 Å². The highest BCUT2D eigenvalue weighted by Gasteiger charge is 2.31. The maximum atomic E-state index is 13.5. The fraction of sp³-hybridized carbons (Fsp3) is 0.250. The number of halogens is 1. The van der Waals surface area contributed by atoms with Crippen molar-refractivity contribution in [2.45, 2.75) is 24.5 Å². The molecule has 5 aromatic rings. The Hall–Kier alpha value is -3.53. The first kappa shape index (κ1) is 23.8. The average Bonchev–Trinajstić information content (AvgIpc) is 3.51. The monoisotopic (exact) mass is 513 g/mol. The van der Waals surface area contributed by atoms with Crippen molar-refractivity contribution in [3.8, 4) is 5.69 Å². The Bertz CT molecular complexity index is 1510. The van der Waals surface area contributed by atoms with Crippen LogP contribution < -0.4 is 0 Å². The van der Waals surface area contributed by atoms with Crippen LogP contribution in [0.4, 0.5) is 4.39 Å². The van der Waals surface area contributed by atoms with Gasteiger partial charge in [0.15, 0.2) is 5.03 Å². The van der Waals surface area contributed by atoms with Crippen LogP contribution in [0.15, 0.2) is 84.1 Å². The predicted octanol–water partition coefficient (Wildman–Crippen LogP) is 5.17. The van der Waals surface area contributed by atoms with E-state index in [1.54, 1.807) is 28.9 Å². The zero-order valence-corrected chi connectivity index (χ0v) is 21.6. The summed E-state index contributed by atoms with van der Waals surface area (Å²) in [6.07, 6.45) is 3.72. The number of fused-ring (bicyclic) bond motifs is 1. The second-order valence-electron chi connectivity index (χ2n) is 9.42. The largest absolute Gasteiger partial charge is 0.289 e. The molecule has 188 valence electrons. The minimum atomic E-state index is -0.251. The number of hydrogen-bond donors (Lipinski definition) is 0. The van der Waals surface area contributed by atoms with E-state index in [1.807, 2.05) is 24.1 Å². The van der Waals surface area contributed by atoms with Crippen LogP contribution in [-0.4, -0.2) is 53.6 Å². The van der Waals surface area contributed by atoms with Crippen LogP contribution in [0.5, 0.6) is 0 Å². The highest BCUT2D eigenvalue weighted by Crippen LogP contribution is 2.35. The third kappa shape index (κ3) is 5.02. The Morgan fingerprint density at radius 1 is 0.973 bits per heavy atom. The number of piperazine rings is 1. The number of rotatable bonds is 6. The molecule has 0 aliphatic carbocycles. The lowest BCUT2D eigenvalue weighted by atomic mass is 9.96. The Morgan fingerprint density at radius 3 is 2.54 bits per heavy atom. The lowest BCUT2D eigenvalue weighted by Gasteiger charge is -2.41. The molecular formula is C28H28FN7S. The van der Waals surface area contributed by atoms with Crippen molar-refractivity contribution in [3.63, 3.8) is 0 Å². The summed E-state index contributed by atoms with van der Waals surface area (Å²) in [4.78, 5) is 4.17. The first-order chi connectivity index (χ1) is 18.0. The van der Waals surface area contributed by atoms with Crippen LogP contribution >= 0.6 is 11.9 Å². The van der Waals surface area contributed by atoms with Gasteiger partial charge in [-0.2, -0.15) is 15.0 Å². The molecule has 1 unspecified atom stereocenters. The van der Waals surface area contributed by atoms with Crippen LogP contribution in [0.25, 0.3) is 16.6 Å². The summed E-state index contributed by atoms with van der Waals surface area (Å²) in [7, 11) is 1.84. The molecule has 0 bridgehead atoms. The van der Waals surface area contributed by atoms with Crippen LogP contribution in [0, 0.1) is 12.7 Å². The molecule has 37 heavy (non-hydrogen) atoms. The van der Waals surface area contributed by atoms with E-state index in [0.29, 0.717) is 0 Å². The van der Waals surface area contributed by atoms with Crippen molar-refractivity contribution in [1.29, 1.82) is 0 Å². The smallest absolute Gasteiger partial charge is 0.153 e. The number of nitrogens with zero attached hydrogens (tertiary/aromatic N) is 7. The Morgan fingerprint density at radius 2 is 1.78 bits per heavy atom. The lowest BCUT2D eigenvalue weighted by Crippen LogP contribution is -2.45. The summed E-state index contributed by atoms with van der Waals surface area (Å²) in [5.41, 5.74) is 5.69. The van der Waals surface area contributed by atoms with Crippen LogP contribution in [0.1, 0.15) is 22.7 Å². The van der Waals surface area contributed by atoms with Gasteiger partial charge < -0.3 is 0 Å². The molecular weight excluding hydrogens is 485 g/mol. The summed E-state index contributed by atoms with van der Waals surface area (Å²) < 4.78 is 17.7. The lowest BCUT2D eigenvalue weighted by molar-refractivity contribution is 0.116. The quantitative estimate of drug-likeness (QED) is 0.292. The van der Waals surface area contributed by atoms with E-state index in [-0.39, 0.29) is 11.9 Å². The molecule has 1 aliphatic rings. The maximum Gasteiger partial charge on any atom is 0.153 e. The molecule has 0 N–H and O–H groups in total. The summed E-state index contributed by atoms with van der Waals surface area (Å²) in [5.74, 6) is -0.251. The van der Waals surface area contributed by atoms with Crippen molar-refractivity contribution < 1.29 is 4.39 Å². The molecule has 3 heterocycles. The van der Waals surface area contributed by atoms with Gasteiger partial charge in [0, 0.05) is 44.7 Å². The highest BCUT2D eigenvalue weighted by atomic mass is 32.2. The van der Waals surface area contributed by atoms with Crippen molar-refractivity contribution in [2.75, 3.05) is 19.6 Å². The molecule has 0 saturated carbocycles. The first-order valence-electron chi connectivity index (χ1n) is 12.3. The van der Waals surface area contributed by atoms with Gasteiger partial charge in [0.05, 0.1) is 23.6 Å². The average molecular weight is 514 g/mol. The molecule has 9 heteroatoms. The number of aryl methyl sites for hydroxylation is 2. The zero-order valence-electron chi connectivity index (χ0n) is 20.8. The van der Waals surface area contributed by atoms with Gasteiger partial charge in [-0.25, -0.2) is 13.4 Å². The van der Waals surface area contributed by atoms with Gasteiger partial charge in [0.25, 0.3) is 0 Å². The van der Waals surface area contributed by atoms with E-state index in [9.17, 15) is 4.39 Å². The number of benzene rings is 3. The van der Waals surface area contributed by atoms with Crippen LogP contribution in [0.2, 0.25) is 0 Å². The highest BCUT2D eigenvalue weighted by molar-refractivity contribution is 7.97. The molecule has 0 amide bonds. The van der Waals surface area contributed by atoms with E-state index in [2.05, 4.69) is 73.9 Å². The molecule has 1 atom stereocenters. The third-order valence-corrected chi connectivity index (χ3v) is 7.83. The standard InChI is InChI=1S/C28H28FN7S/c1-20-14-26-22(16-31-36(26)24-10-8-23(29)9-11-24)15-25(20)27-19-35(37-28-17-30-33(2)32-28)13-12-34(27)18-21-6-4-3-5-7-21/h3-11,14-17,27H,12-13,18-19H2,1-2H3. The Balaban J connectivity index is 1.34. The van der Waals surface area contributed by atoms with E-state index in [0.717, 1.165) is 47.8 Å². The minimum Gasteiger partial charge on any atom is -0.289 e. The van der Waals surface area contributed by atoms with Crippen LogP contribution in [-0.2, 0) is 13.6 Å². The van der Waals surface area contributed by atoms with E-state index in [1.165, 1.54) is 28.8 Å². The van der Waals surface area contributed by atoms with Gasteiger partial charge in [0.1, 0.15) is 5.82 Å². The molecule has 1 saturated heterocycles. The Kier molecular flexibility index (Phi) is 6.50. The molecule has 0 radical (unpaired) electrons. The molecule has 1 fully saturated rings. The number of aromatic nitrogens is 5. The number of hydrogen-bond acceptors (Lipinski definition) is 6. The summed E-state index contributed by atoms with van der Waals surface area (Å²) in [6, 6.07) is 21.8. The van der Waals surface area contributed by atoms with Gasteiger partial charge in [0.2, 0.25) is 0 Å². The summed E-state index contributed by atoms with van der Waals surface area (Å²) in [5, 5.41) is 15.3. The summed E-state index contributed by atoms with van der Waals surface area (Å²) in [6.45, 7) is 5.81. The fourth-order valence-corrected chi connectivity index (χ4v) is 5.93. The molecule has 6 rings (SSSR count). The van der Waals surface area contributed by atoms with Crippen molar-refractivity contribution in [2.24, 2.45) is 7.05 Å². The van der Waals surface area contributed by atoms with Crippen molar-refractivity contribution in [3.05, 3.63) is 102 Å². The van der Waals surface area contributed by atoms with Crippen LogP contribution in [0.3, 0.4) is 0 Å². The topological polar surface area (TPSA) is 55.0 Å². The molecule has 1 aliphatic heterocycles. The summed E-state index contributed by atoms with van der Waals surface area (Å²) >= 11 is 1.67. The van der Waals surface area contributed by atoms with E-state index in [4.69, 9.17) is 0 Å². The normalized spacial score (nSPS) is 17.0. The maximum absolute atomic E-state index is 13.5.